The van der Waals surface area contributed by atoms with Gasteiger partial charge >= 0.3 is 5.97 Å². The number of methoxy groups -OCH3 is 1. The molecule has 0 aliphatic carbocycles. The minimum absolute atomic E-state index is 0.0102. The van der Waals surface area contributed by atoms with Crippen molar-refractivity contribution in [3.63, 3.8) is 0 Å². The molecule has 0 unspecified atom stereocenters. The molecule has 30 heavy (non-hydrogen) atoms. The van der Waals surface area contributed by atoms with Crippen molar-refractivity contribution in [1.82, 2.24) is 5.32 Å². The molecule has 0 saturated carbocycles. The predicted octanol–water partition coefficient (Wildman–Crippen LogP) is 2.67. The van der Waals surface area contributed by atoms with E-state index < -0.39 is 5.97 Å². The zero-order valence-electron chi connectivity index (χ0n) is 16.3. The predicted molar refractivity (Wildman–Crippen MR) is 108 cm³/mol. The van der Waals surface area contributed by atoms with E-state index in [1.807, 2.05) is 12.1 Å². The molecule has 2 aromatic rings. The average molecular weight is 411 g/mol. The Hall–Kier alpha value is -3.81. The molecule has 8 heteroatoms. The van der Waals surface area contributed by atoms with Gasteiger partial charge in [0.1, 0.15) is 17.2 Å². The molecule has 0 radical (unpaired) electrons. The molecule has 0 bridgehead atoms. The fraction of sp³-hybridized carbons (Fsp3) is 0.227. The number of aliphatic carboxylic acids is 1. The molecular weight excluding hydrogens is 390 g/mol. The summed E-state index contributed by atoms with van der Waals surface area (Å²) in [6, 6.07) is 11.9. The monoisotopic (exact) mass is 411 g/mol. The second-order valence-corrected chi connectivity index (χ2v) is 6.51. The second kappa shape index (κ2) is 9.60. The number of carbonyl (C=O) groups is 3. The lowest BCUT2D eigenvalue weighted by atomic mass is 10.1. The van der Waals surface area contributed by atoms with E-state index in [-0.39, 0.29) is 37.0 Å². The van der Waals surface area contributed by atoms with Gasteiger partial charge in [0.25, 0.3) is 5.91 Å². The number of fused-ring (bicyclic) bond motifs is 1. The summed E-state index contributed by atoms with van der Waals surface area (Å²) in [4.78, 5) is 34.7. The highest BCUT2D eigenvalue weighted by atomic mass is 16.5. The molecule has 0 saturated heterocycles. The number of carboxylic acid groups (broad SMARTS) is 1. The fourth-order valence-electron chi connectivity index (χ4n) is 2.78. The van der Waals surface area contributed by atoms with Crippen LogP contribution in [0.4, 0.5) is 0 Å². The number of amides is 1. The summed E-state index contributed by atoms with van der Waals surface area (Å²) in [7, 11) is 1.58. The number of rotatable bonds is 9. The molecular formula is C22H21NO7. The zero-order valence-corrected chi connectivity index (χ0v) is 16.3. The number of hydrogen-bond donors (Lipinski definition) is 2. The van der Waals surface area contributed by atoms with Crippen LogP contribution in [0.5, 0.6) is 17.2 Å². The average Bonchev–Trinajstić information content (AvgIpc) is 3.05. The summed E-state index contributed by atoms with van der Waals surface area (Å²) < 4.78 is 16.2. The summed E-state index contributed by atoms with van der Waals surface area (Å²) >= 11 is 0. The van der Waals surface area contributed by atoms with Crippen molar-refractivity contribution >= 4 is 23.7 Å². The van der Waals surface area contributed by atoms with Gasteiger partial charge in [0.05, 0.1) is 12.7 Å². The normalized spacial score (nSPS) is 13.5. The molecule has 0 spiro atoms. The molecule has 2 aromatic carbocycles. The summed E-state index contributed by atoms with van der Waals surface area (Å²) in [5, 5.41) is 11.1. The lowest BCUT2D eigenvalue weighted by Crippen LogP contribution is -2.29. The highest BCUT2D eigenvalue weighted by Gasteiger charge is 2.27. The van der Waals surface area contributed by atoms with Crippen LogP contribution < -0.4 is 19.5 Å². The summed E-state index contributed by atoms with van der Waals surface area (Å²) in [5.41, 5.74) is 1.21. The van der Waals surface area contributed by atoms with Gasteiger partial charge < -0.3 is 24.6 Å². The Morgan fingerprint density at radius 1 is 1.13 bits per heavy atom. The van der Waals surface area contributed by atoms with Crippen LogP contribution in [0.25, 0.3) is 6.08 Å². The van der Waals surface area contributed by atoms with Gasteiger partial charge in [0, 0.05) is 19.0 Å². The third-order valence-corrected chi connectivity index (χ3v) is 4.31. The smallest absolute Gasteiger partial charge is 0.303 e. The van der Waals surface area contributed by atoms with Gasteiger partial charge in [-0.1, -0.05) is 12.1 Å². The van der Waals surface area contributed by atoms with Crippen LogP contribution in [0.15, 0.2) is 48.2 Å². The van der Waals surface area contributed by atoms with E-state index in [0.29, 0.717) is 29.2 Å². The molecule has 1 heterocycles. The Bertz CT molecular complexity index is 979. The van der Waals surface area contributed by atoms with E-state index in [4.69, 9.17) is 19.3 Å². The number of ketones is 1. The van der Waals surface area contributed by atoms with Gasteiger partial charge in [0.2, 0.25) is 5.78 Å². The zero-order chi connectivity index (χ0) is 21.5. The SMILES string of the molecule is COc1ccc(/C=C2/Oc3cc(OCC(=O)NCCCC(=O)O)ccc3C2=O)cc1. The molecule has 1 aliphatic rings. The van der Waals surface area contributed by atoms with Crippen molar-refractivity contribution in [3.8, 4) is 17.2 Å². The van der Waals surface area contributed by atoms with Crippen LogP contribution >= 0.6 is 0 Å². The Morgan fingerprint density at radius 2 is 1.87 bits per heavy atom. The number of Topliss-reactive ketones (excluding diaryl/α,β-unsaturated/α-hetero) is 1. The highest BCUT2D eigenvalue weighted by Crippen LogP contribution is 2.35. The topological polar surface area (TPSA) is 111 Å². The number of carbonyl (C=O) groups excluding carboxylic acids is 2. The first-order chi connectivity index (χ1) is 14.5. The largest absolute Gasteiger partial charge is 0.497 e. The Labute approximate surface area is 173 Å². The van der Waals surface area contributed by atoms with E-state index in [0.717, 1.165) is 5.56 Å². The summed E-state index contributed by atoms with van der Waals surface area (Å²) in [6.07, 6.45) is 1.98. The molecule has 3 rings (SSSR count). The number of benzene rings is 2. The Morgan fingerprint density at radius 3 is 2.57 bits per heavy atom. The van der Waals surface area contributed by atoms with Crippen LogP contribution in [0.1, 0.15) is 28.8 Å². The number of carboxylic acids is 1. The quantitative estimate of drug-likeness (QED) is 0.482. The van der Waals surface area contributed by atoms with Crippen molar-refractivity contribution in [3.05, 3.63) is 59.4 Å². The lowest BCUT2D eigenvalue weighted by Gasteiger charge is -2.08. The molecule has 156 valence electrons. The van der Waals surface area contributed by atoms with Crippen molar-refractivity contribution < 1.29 is 33.7 Å². The van der Waals surface area contributed by atoms with Crippen LogP contribution in [0, 0.1) is 0 Å². The molecule has 1 aliphatic heterocycles. The first-order valence-electron chi connectivity index (χ1n) is 9.30. The third kappa shape index (κ3) is 5.38. The van der Waals surface area contributed by atoms with Crippen molar-refractivity contribution in [2.24, 2.45) is 0 Å². The number of allylic oxidation sites excluding steroid dienone is 1. The van der Waals surface area contributed by atoms with E-state index in [1.54, 1.807) is 43.5 Å². The summed E-state index contributed by atoms with van der Waals surface area (Å²) in [6.45, 7) is 0.0319. The van der Waals surface area contributed by atoms with E-state index in [2.05, 4.69) is 5.32 Å². The molecule has 8 nitrogen and oxygen atoms in total. The van der Waals surface area contributed by atoms with Crippen molar-refractivity contribution in [1.29, 1.82) is 0 Å². The van der Waals surface area contributed by atoms with Crippen LogP contribution in [-0.4, -0.2) is 43.0 Å². The Kier molecular flexibility index (Phi) is 6.69. The molecule has 1 amide bonds. The fourth-order valence-corrected chi connectivity index (χ4v) is 2.78. The second-order valence-electron chi connectivity index (χ2n) is 6.51. The van der Waals surface area contributed by atoms with E-state index >= 15 is 0 Å². The molecule has 2 N–H and O–H groups in total. The lowest BCUT2D eigenvalue weighted by molar-refractivity contribution is -0.137. The minimum Gasteiger partial charge on any atom is -0.497 e. The van der Waals surface area contributed by atoms with Crippen LogP contribution in [0.2, 0.25) is 0 Å². The van der Waals surface area contributed by atoms with Crippen LogP contribution in [0.3, 0.4) is 0 Å². The van der Waals surface area contributed by atoms with Crippen molar-refractivity contribution in [2.45, 2.75) is 12.8 Å². The standard InChI is InChI=1S/C22H21NO7/c1-28-15-6-4-14(5-7-15)11-19-22(27)17-9-8-16(12-18(17)30-19)29-13-20(24)23-10-2-3-21(25)26/h4-9,11-12H,2-3,10,13H2,1H3,(H,23,24)(H,25,26)/b19-11+. The maximum Gasteiger partial charge on any atom is 0.303 e. The maximum absolute atomic E-state index is 12.5. The number of nitrogens with one attached hydrogen (secondary N) is 1. The molecule has 0 aromatic heterocycles. The van der Waals surface area contributed by atoms with Gasteiger partial charge in [-0.15, -0.1) is 0 Å². The molecule has 0 atom stereocenters. The van der Waals surface area contributed by atoms with Gasteiger partial charge in [-0.25, -0.2) is 0 Å². The summed E-state index contributed by atoms with van der Waals surface area (Å²) in [5.74, 6) is 0.150. The third-order valence-electron chi connectivity index (χ3n) is 4.31. The van der Waals surface area contributed by atoms with Gasteiger partial charge in [-0.05, 0) is 42.3 Å². The van der Waals surface area contributed by atoms with Gasteiger partial charge in [-0.2, -0.15) is 0 Å². The first-order valence-corrected chi connectivity index (χ1v) is 9.30. The van der Waals surface area contributed by atoms with E-state index in [9.17, 15) is 14.4 Å². The minimum atomic E-state index is -0.909. The molecule has 0 fully saturated rings. The first kappa shape index (κ1) is 20.9. The Balaban J connectivity index is 1.57. The van der Waals surface area contributed by atoms with Crippen LogP contribution in [-0.2, 0) is 9.59 Å². The highest BCUT2D eigenvalue weighted by molar-refractivity contribution is 6.14. The maximum atomic E-state index is 12.5. The van der Waals surface area contributed by atoms with Gasteiger partial charge in [-0.3, -0.25) is 14.4 Å². The number of ether oxygens (including phenoxy) is 3. The van der Waals surface area contributed by atoms with E-state index in [1.165, 1.54) is 0 Å². The number of hydrogen-bond acceptors (Lipinski definition) is 6. The van der Waals surface area contributed by atoms with Gasteiger partial charge in [0.15, 0.2) is 12.4 Å². The van der Waals surface area contributed by atoms with Crippen molar-refractivity contribution in [2.75, 3.05) is 20.3 Å².